The van der Waals surface area contributed by atoms with E-state index in [1.54, 1.807) is 36.5 Å². The first-order valence-corrected chi connectivity index (χ1v) is 13.4. The average Bonchev–Trinajstić information content (AvgIpc) is 2.80. The minimum atomic E-state index is -3.12. The molecule has 0 fully saturated rings. The van der Waals surface area contributed by atoms with Crippen molar-refractivity contribution in [2.24, 2.45) is 0 Å². The number of allylic oxidation sites excluding steroid dienone is 5. The van der Waals surface area contributed by atoms with Crippen LogP contribution in [0, 0.1) is 0 Å². The van der Waals surface area contributed by atoms with Gasteiger partial charge in [0.2, 0.25) is 10.0 Å². The SMILES string of the molecule is C/C=C\c1ncc(Cl)cc1C(=O)/C(C=C(C)C)=C/CC.CC.CN(c1ccccc1)S(C)(=O)=O. The highest BCUT2D eigenvalue weighted by Gasteiger charge is 2.15. The number of nitrogens with zero attached hydrogens (tertiary/aromatic N) is 2. The number of sulfonamides is 1. The van der Waals surface area contributed by atoms with E-state index in [0.717, 1.165) is 12.0 Å². The van der Waals surface area contributed by atoms with Crippen molar-refractivity contribution in [3.05, 3.63) is 88.2 Å². The molecule has 0 atom stereocenters. The van der Waals surface area contributed by atoms with Crippen molar-refractivity contribution in [1.29, 1.82) is 0 Å². The first-order chi connectivity index (χ1) is 16.0. The van der Waals surface area contributed by atoms with Crippen LogP contribution in [0.3, 0.4) is 0 Å². The number of carbonyl (C=O) groups is 1. The van der Waals surface area contributed by atoms with E-state index in [2.05, 4.69) is 4.98 Å². The third-order valence-corrected chi connectivity index (χ3v) is 5.61. The van der Waals surface area contributed by atoms with Crippen LogP contribution >= 0.6 is 11.6 Å². The monoisotopic (exact) mass is 504 g/mol. The van der Waals surface area contributed by atoms with Crippen molar-refractivity contribution >= 4 is 39.2 Å². The molecule has 186 valence electrons. The molecule has 0 aliphatic carbocycles. The lowest BCUT2D eigenvalue weighted by Gasteiger charge is -2.15. The van der Waals surface area contributed by atoms with Gasteiger partial charge in [-0.25, -0.2) is 8.42 Å². The Hall–Kier alpha value is -2.70. The number of carbonyl (C=O) groups excluding carboxylic acids is 1. The van der Waals surface area contributed by atoms with Gasteiger partial charge in [-0.1, -0.05) is 74.4 Å². The molecule has 0 saturated heterocycles. The third-order valence-electron chi connectivity index (χ3n) is 4.20. The topological polar surface area (TPSA) is 67.3 Å². The number of ketones is 1. The lowest BCUT2D eigenvalue weighted by Crippen LogP contribution is -2.24. The molecule has 5 nitrogen and oxygen atoms in total. The second kappa shape index (κ2) is 16.0. The zero-order valence-corrected chi connectivity index (χ0v) is 23.0. The van der Waals surface area contributed by atoms with E-state index in [-0.39, 0.29) is 5.78 Å². The number of Topliss-reactive ketones (excluding diaryl/α,β-unsaturated/α-hetero) is 1. The Morgan fingerprint density at radius 3 is 2.21 bits per heavy atom. The lowest BCUT2D eigenvalue weighted by molar-refractivity contribution is 0.103. The highest BCUT2D eigenvalue weighted by atomic mass is 35.5. The summed E-state index contributed by atoms with van der Waals surface area (Å²) in [6.07, 6.45) is 11.0. The molecule has 1 aromatic carbocycles. The lowest BCUT2D eigenvalue weighted by atomic mass is 9.99. The fourth-order valence-corrected chi connectivity index (χ4v) is 3.32. The summed E-state index contributed by atoms with van der Waals surface area (Å²) >= 11 is 5.97. The molecule has 0 radical (unpaired) electrons. The Morgan fingerprint density at radius 2 is 1.74 bits per heavy atom. The molecule has 0 amide bonds. The molecule has 34 heavy (non-hydrogen) atoms. The Balaban J connectivity index is 0.000000662. The van der Waals surface area contributed by atoms with Crippen LogP contribution in [-0.2, 0) is 10.0 Å². The van der Waals surface area contributed by atoms with Crippen LogP contribution in [0.2, 0.25) is 5.02 Å². The second-order valence-corrected chi connectivity index (χ2v) is 9.72. The number of hydrogen-bond acceptors (Lipinski definition) is 4. The molecule has 0 unspecified atom stereocenters. The van der Waals surface area contributed by atoms with Crippen LogP contribution in [0.5, 0.6) is 0 Å². The van der Waals surface area contributed by atoms with Crippen LogP contribution in [0.15, 0.2) is 72.0 Å². The standard InChI is InChI=1S/C17H20ClNO.C8H11NO2S.C2H6/c1-5-7-13(9-12(3)4)17(20)15-10-14(18)11-19-16(15)8-6-2;1-9(12(2,10)11)8-6-4-3-5-7-8;1-2/h6-11H,5H2,1-4H3;3-7H,1-2H3;1-2H3/b8-6-,13-7+;;. The van der Waals surface area contributed by atoms with Crippen LogP contribution in [0.1, 0.15) is 64.0 Å². The number of halogens is 1. The number of rotatable bonds is 7. The molecule has 0 saturated carbocycles. The quantitative estimate of drug-likeness (QED) is 0.224. The van der Waals surface area contributed by atoms with E-state index in [4.69, 9.17) is 11.6 Å². The van der Waals surface area contributed by atoms with Crippen LogP contribution in [-0.4, -0.2) is 32.5 Å². The zero-order chi connectivity index (χ0) is 26.3. The number of hydrogen-bond donors (Lipinski definition) is 0. The van der Waals surface area contributed by atoms with E-state index < -0.39 is 10.0 Å². The molecule has 1 heterocycles. The first-order valence-electron chi connectivity index (χ1n) is 11.2. The van der Waals surface area contributed by atoms with E-state index in [0.29, 0.717) is 27.5 Å². The molecule has 1 aromatic heterocycles. The van der Waals surface area contributed by atoms with Gasteiger partial charge in [-0.3, -0.25) is 14.1 Å². The Morgan fingerprint density at radius 1 is 1.15 bits per heavy atom. The van der Waals surface area contributed by atoms with Gasteiger partial charge in [0.15, 0.2) is 5.78 Å². The summed E-state index contributed by atoms with van der Waals surface area (Å²) in [5, 5.41) is 0.467. The van der Waals surface area contributed by atoms with Gasteiger partial charge < -0.3 is 0 Å². The number of para-hydroxylation sites is 1. The summed E-state index contributed by atoms with van der Waals surface area (Å²) in [5.74, 6) is -0.0452. The second-order valence-electron chi connectivity index (χ2n) is 7.27. The maximum atomic E-state index is 12.7. The van der Waals surface area contributed by atoms with Crippen molar-refractivity contribution in [1.82, 2.24) is 4.98 Å². The third kappa shape index (κ3) is 10.9. The van der Waals surface area contributed by atoms with Crippen molar-refractivity contribution < 1.29 is 13.2 Å². The van der Waals surface area contributed by atoms with Gasteiger partial charge in [-0.15, -0.1) is 0 Å². The normalized spacial score (nSPS) is 11.0. The number of benzene rings is 1. The molecule has 0 spiro atoms. The Kier molecular flexibility index (Phi) is 14.7. The van der Waals surface area contributed by atoms with E-state index in [9.17, 15) is 13.2 Å². The summed E-state index contributed by atoms with van der Waals surface area (Å²) in [6.45, 7) is 11.8. The summed E-state index contributed by atoms with van der Waals surface area (Å²) in [7, 11) is -1.59. The largest absolute Gasteiger partial charge is 0.289 e. The zero-order valence-electron chi connectivity index (χ0n) is 21.5. The van der Waals surface area contributed by atoms with Crippen molar-refractivity contribution in [2.45, 2.75) is 48.0 Å². The van der Waals surface area contributed by atoms with Gasteiger partial charge in [-0.2, -0.15) is 0 Å². The predicted octanol–water partition coefficient (Wildman–Crippen LogP) is 7.36. The maximum absolute atomic E-state index is 12.7. The fourth-order valence-electron chi connectivity index (χ4n) is 2.66. The van der Waals surface area contributed by atoms with Crippen molar-refractivity contribution in [3.63, 3.8) is 0 Å². The average molecular weight is 505 g/mol. The van der Waals surface area contributed by atoms with Crippen molar-refractivity contribution in [2.75, 3.05) is 17.6 Å². The minimum Gasteiger partial charge on any atom is -0.289 e. The molecule has 2 aromatic rings. The number of anilines is 1. The van der Waals surface area contributed by atoms with E-state index >= 15 is 0 Å². The van der Waals surface area contributed by atoms with Crippen LogP contribution in [0.4, 0.5) is 5.69 Å². The Labute approximate surface area is 210 Å². The van der Waals surface area contributed by atoms with Gasteiger partial charge in [0.25, 0.3) is 0 Å². The van der Waals surface area contributed by atoms with Gasteiger partial charge in [0.05, 0.1) is 22.7 Å². The highest BCUT2D eigenvalue weighted by molar-refractivity contribution is 7.92. The number of aromatic nitrogens is 1. The summed E-state index contributed by atoms with van der Waals surface area (Å²) in [6, 6.07) is 10.6. The Bertz CT molecular complexity index is 1100. The molecular weight excluding hydrogens is 468 g/mol. The molecule has 0 aliphatic heterocycles. The van der Waals surface area contributed by atoms with Gasteiger partial charge in [0.1, 0.15) is 0 Å². The molecule has 2 rings (SSSR count). The maximum Gasteiger partial charge on any atom is 0.231 e. The fraction of sp³-hybridized carbons (Fsp3) is 0.333. The van der Waals surface area contributed by atoms with Crippen molar-refractivity contribution in [3.8, 4) is 0 Å². The summed E-state index contributed by atoms with van der Waals surface area (Å²) in [5.41, 5.74) is 3.63. The first kappa shape index (κ1) is 31.3. The molecule has 0 bridgehead atoms. The van der Waals surface area contributed by atoms with E-state index in [1.807, 2.05) is 71.9 Å². The minimum absolute atomic E-state index is 0.0452. The van der Waals surface area contributed by atoms with Gasteiger partial charge >= 0.3 is 0 Å². The van der Waals surface area contributed by atoms with Crippen LogP contribution < -0.4 is 4.31 Å². The summed E-state index contributed by atoms with van der Waals surface area (Å²) < 4.78 is 23.4. The smallest absolute Gasteiger partial charge is 0.231 e. The van der Waals surface area contributed by atoms with E-state index in [1.165, 1.54) is 17.6 Å². The molecule has 0 N–H and O–H groups in total. The predicted molar refractivity (Wildman–Crippen MR) is 147 cm³/mol. The number of pyridine rings is 1. The van der Waals surface area contributed by atoms with Crippen LogP contribution in [0.25, 0.3) is 6.08 Å². The molecule has 7 heteroatoms. The molecule has 0 aliphatic rings. The summed E-state index contributed by atoms with van der Waals surface area (Å²) in [4.78, 5) is 16.9. The highest BCUT2D eigenvalue weighted by Crippen LogP contribution is 2.20. The van der Waals surface area contributed by atoms with Gasteiger partial charge in [0, 0.05) is 24.4 Å². The van der Waals surface area contributed by atoms with Gasteiger partial charge in [-0.05, 0) is 51.5 Å². The molecular formula is C27H37ClN2O3S.